The first-order valence-electron chi connectivity index (χ1n) is 6.93. The van der Waals surface area contributed by atoms with Crippen molar-refractivity contribution < 1.29 is 9.13 Å². The van der Waals surface area contributed by atoms with Crippen molar-refractivity contribution in [2.75, 3.05) is 7.11 Å². The first-order valence-corrected chi connectivity index (χ1v) is 7.37. The van der Waals surface area contributed by atoms with E-state index in [0.29, 0.717) is 11.7 Å². The predicted octanol–water partition coefficient (Wildman–Crippen LogP) is 5.33. The van der Waals surface area contributed by atoms with Gasteiger partial charge in [0, 0.05) is 5.56 Å². The van der Waals surface area contributed by atoms with Crippen LogP contribution < -0.4 is 4.74 Å². The highest BCUT2D eigenvalue weighted by Gasteiger charge is 2.38. The number of hydrogen-bond acceptors (Lipinski definition) is 1. The third-order valence-electron chi connectivity index (χ3n) is 4.43. The molecule has 0 radical (unpaired) electrons. The van der Waals surface area contributed by atoms with Gasteiger partial charge in [-0.3, -0.25) is 0 Å². The monoisotopic (exact) mass is 284 g/mol. The molecule has 2 rings (SSSR count). The molecule has 106 valence electrons. The van der Waals surface area contributed by atoms with Crippen LogP contribution in [0.15, 0.2) is 18.2 Å². The normalized spacial score (nSPS) is 23.9. The molecule has 2 atom stereocenters. The van der Waals surface area contributed by atoms with E-state index in [0.717, 1.165) is 12.0 Å². The van der Waals surface area contributed by atoms with Crippen molar-refractivity contribution in [3.05, 3.63) is 29.6 Å². The van der Waals surface area contributed by atoms with Crippen LogP contribution in [0.1, 0.15) is 50.5 Å². The lowest BCUT2D eigenvalue weighted by molar-refractivity contribution is 0.132. The first-order chi connectivity index (χ1) is 8.95. The van der Waals surface area contributed by atoms with Gasteiger partial charge in [-0.2, -0.15) is 0 Å². The Morgan fingerprint density at radius 2 is 2.11 bits per heavy atom. The van der Waals surface area contributed by atoms with Crippen molar-refractivity contribution in [3.8, 4) is 5.75 Å². The smallest absolute Gasteiger partial charge is 0.123 e. The zero-order valence-electron chi connectivity index (χ0n) is 11.9. The standard InChI is InChI=1S/C16H22ClFO/c1-16(2)9-5-4-6-13(16)15(17)12-10-11(18)7-8-14(12)19-3/h7-8,10,13,15H,4-6,9H2,1-3H3. The van der Waals surface area contributed by atoms with E-state index >= 15 is 0 Å². The fourth-order valence-electron chi connectivity index (χ4n) is 3.20. The van der Waals surface area contributed by atoms with Gasteiger partial charge >= 0.3 is 0 Å². The quantitative estimate of drug-likeness (QED) is 0.682. The average molecular weight is 285 g/mol. The molecule has 1 fully saturated rings. The highest BCUT2D eigenvalue weighted by atomic mass is 35.5. The Labute approximate surface area is 120 Å². The molecule has 1 nitrogen and oxygen atoms in total. The van der Waals surface area contributed by atoms with E-state index in [9.17, 15) is 4.39 Å². The second-order valence-electron chi connectivity index (χ2n) is 6.13. The van der Waals surface area contributed by atoms with Crippen LogP contribution in [0.3, 0.4) is 0 Å². The highest BCUT2D eigenvalue weighted by molar-refractivity contribution is 6.21. The van der Waals surface area contributed by atoms with E-state index in [4.69, 9.17) is 16.3 Å². The highest BCUT2D eigenvalue weighted by Crippen LogP contribution is 2.50. The molecule has 2 unspecified atom stereocenters. The summed E-state index contributed by atoms with van der Waals surface area (Å²) >= 11 is 6.68. The second kappa shape index (κ2) is 5.70. The van der Waals surface area contributed by atoms with Gasteiger partial charge in [0.1, 0.15) is 11.6 Å². The maximum atomic E-state index is 13.5. The first kappa shape index (κ1) is 14.6. The molecule has 0 aliphatic heterocycles. The number of methoxy groups -OCH3 is 1. The zero-order valence-corrected chi connectivity index (χ0v) is 12.6. The van der Waals surface area contributed by atoms with Crippen LogP contribution in [0.2, 0.25) is 0 Å². The van der Waals surface area contributed by atoms with Gasteiger partial charge in [0.25, 0.3) is 0 Å². The van der Waals surface area contributed by atoms with Crippen molar-refractivity contribution in [1.29, 1.82) is 0 Å². The Hall–Kier alpha value is -0.760. The summed E-state index contributed by atoms with van der Waals surface area (Å²) < 4.78 is 18.8. The average Bonchev–Trinajstić information content (AvgIpc) is 2.37. The molecule has 1 aromatic rings. The molecule has 3 heteroatoms. The Balaban J connectivity index is 2.32. The number of rotatable bonds is 3. The van der Waals surface area contributed by atoms with Gasteiger partial charge in [-0.05, 0) is 42.4 Å². The second-order valence-corrected chi connectivity index (χ2v) is 6.60. The third-order valence-corrected chi connectivity index (χ3v) is 4.97. The van der Waals surface area contributed by atoms with E-state index in [1.807, 2.05) is 0 Å². The number of benzene rings is 1. The van der Waals surface area contributed by atoms with Gasteiger partial charge in [-0.15, -0.1) is 11.6 Å². The molecule has 1 aliphatic carbocycles. The van der Waals surface area contributed by atoms with Crippen LogP contribution in [0.4, 0.5) is 4.39 Å². The molecule has 0 saturated heterocycles. The van der Waals surface area contributed by atoms with E-state index in [-0.39, 0.29) is 16.6 Å². The van der Waals surface area contributed by atoms with Gasteiger partial charge in [0.05, 0.1) is 12.5 Å². The summed E-state index contributed by atoms with van der Waals surface area (Å²) in [5.41, 5.74) is 0.978. The largest absolute Gasteiger partial charge is 0.496 e. The molecule has 1 saturated carbocycles. The lowest BCUT2D eigenvalue weighted by Gasteiger charge is -2.41. The number of alkyl halides is 1. The number of hydrogen-bond donors (Lipinski definition) is 0. The fourth-order valence-corrected chi connectivity index (χ4v) is 3.84. The topological polar surface area (TPSA) is 9.23 Å². The summed E-state index contributed by atoms with van der Waals surface area (Å²) in [5, 5.41) is -0.194. The van der Waals surface area contributed by atoms with Crippen LogP contribution in [0.25, 0.3) is 0 Å². The molecule has 19 heavy (non-hydrogen) atoms. The van der Waals surface area contributed by atoms with Gasteiger partial charge in [0.2, 0.25) is 0 Å². The Morgan fingerprint density at radius 1 is 1.37 bits per heavy atom. The van der Waals surface area contributed by atoms with E-state index in [1.54, 1.807) is 13.2 Å². The van der Waals surface area contributed by atoms with Crippen molar-refractivity contribution in [3.63, 3.8) is 0 Å². The van der Waals surface area contributed by atoms with E-state index < -0.39 is 0 Å². The number of ether oxygens (including phenoxy) is 1. The molecule has 0 spiro atoms. The Kier molecular flexibility index (Phi) is 4.39. The fraction of sp³-hybridized carbons (Fsp3) is 0.625. The molecule has 0 aromatic heterocycles. The molecule has 0 N–H and O–H groups in total. The van der Waals surface area contributed by atoms with Crippen molar-refractivity contribution in [1.82, 2.24) is 0 Å². The van der Waals surface area contributed by atoms with Crippen LogP contribution in [-0.4, -0.2) is 7.11 Å². The Bertz CT molecular complexity index is 444. The summed E-state index contributed by atoms with van der Waals surface area (Å²) in [4.78, 5) is 0. The molecule has 0 heterocycles. The maximum Gasteiger partial charge on any atom is 0.123 e. The molecule has 1 aliphatic rings. The molecule has 0 amide bonds. The minimum atomic E-state index is -0.255. The van der Waals surface area contributed by atoms with Gasteiger partial charge in [-0.25, -0.2) is 4.39 Å². The summed E-state index contributed by atoms with van der Waals surface area (Å²) in [6.45, 7) is 4.52. The number of halogens is 2. The molecule has 1 aromatic carbocycles. The van der Waals surface area contributed by atoms with Crippen LogP contribution in [0.5, 0.6) is 5.75 Å². The van der Waals surface area contributed by atoms with Gasteiger partial charge < -0.3 is 4.74 Å². The predicted molar refractivity (Wildman–Crippen MR) is 77.3 cm³/mol. The SMILES string of the molecule is COc1ccc(F)cc1C(Cl)C1CCCCC1(C)C. The van der Waals surface area contributed by atoms with Gasteiger partial charge in [0.15, 0.2) is 0 Å². The third kappa shape index (κ3) is 3.05. The van der Waals surface area contributed by atoms with Crippen LogP contribution in [0, 0.1) is 17.2 Å². The lowest BCUT2D eigenvalue weighted by Crippen LogP contribution is -2.31. The Morgan fingerprint density at radius 3 is 2.74 bits per heavy atom. The zero-order chi connectivity index (χ0) is 14.0. The summed E-state index contributed by atoms with van der Waals surface area (Å²) in [5.74, 6) is 0.788. The molecule has 0 bridgehead atoms. The maximum absolute atomic E-state index is 13.5. The van der Waals surface area contributed by atoms with Crippen molar-refractivity contribution in [2.24, 2.45) is 11.3 Å². The van der Waals surface area contributed by atoms with E-state index in [1.165, 1.54) is 31.4 Å². The molecular formula is C16H22ClFO. The molecular weight excluding hydrogens is 263 g/mol. The minimum Gasteiger partial charge on any atom is -0.496 e. The summed E-state index contributed by atoms with van der Waals surface area (Å²) in [7, 11) is 1.60. The lowest BCUT2D eigenvalue weighted by atomic mass is 9.66. The summed E-state index contributed by atoms with van der Waals surface area (Å²) in [6, 6.07) is 4.59. The van der Waals surface area contributed by atoms with Crippen LogP contribution in [-0.2, 0) is 0 Å². The van der Waals surface area contributed by atoms with Crippen LogP contribution >= 0.6 is 11.6 Å². The van der Waals surface area contributed by atoms with Gasteiger partial charge in [-0.1, -0.05) is 26.7 Å². The van der Waals surface area contributed by atoms with Crippen molar-refractivity contribution >= 4 is 11.6 Å². The van der Waals surface area contributed by atoms with Crippen molar-refractivity contribution in [2.45, 2.75) is 44.9 Å². The van der Waals surface area contributed by atoms with E-state index in [2.05, 4.69) is 13.8 Å². The minimum absolute atomic E-state index is 0.194. The summed E-state index contributed by atoms with van der Waals surface area (Å²) in [6.07, 6.45) is 4.74.